The van der Waals surface area contributed by atoms with E-state index in [1.165, 1.54) is 6.07 Å². The highest BCUT2D eigenvalue weighted by Crippen LogP contribution is 2.31. The number of methoxy groups -OCH3 is 1. The maximum atomic E-state index is 14.8. The van der Waals surface area contributed by atoms with Crippen molar-refractivity contribution in [2.24, 2.45) is 15.9 Å². The third kappa shape index (κ3) is 5.46. The Morgan fingerprint density at radius 3 is 2.79 bits per heavy atom. The van der Waals surface area contributed by atoms with Crippen molar-refractivity contribution in [2.45, 2.75) is 32.8 Å². The Morgan fingerprint density at radius 1 is 1.21 bits per heavy atom. The topological polar surface area (TPSA) is 56.1 Å². The van der Waals surface area contributed by atoms with E-state index in [-0.39, 0.29) is 12.0 Å². The zero-order valence-electron chi connectivity index (χ0n) is 19.0. The number of benzene rings is 1. The van der Waals surface area contributed by atoms with Gasteiger partial charge in [0.15, 0.2) is 0 Å². The van der Waals surface area contributed by atoms with Crippen LogP contribution in [0.1, 0.15) is 42.7 Å². The van der Waals surface area contributed by atoms with E-state index in [0.717, 1.165) is 41.1 Å². The molecule has 5 nitrogen and oxygen atoms in total. The van der Waals surface area contributed by atoms with Crippen LogP contribution in [-0.4, -0.2) is 36.7 Å². The second-order valence-corrected chi connectivity index (χ2v) is 8.65. The van der Waals surface area contributed by atoms with Crippen LogP contribution < -0.4 is 0 Å². The van der Waals surface area contributed by atoms with Crippen LogP contribution in [0.25, 0.3) is 5.70 Å². The molecule has 1 fully saturated rings. The van der Waals surface area contributed by atoms with Crippen LogP contribution in [0.2, 0.25) is 5.02 Å². The van der Waals surface area contributed by atoms with E-state index in [1.54, 1.807) is 25.4 Å². The highest BCUT2D eigenvalue weighted by Gasteiger charge is 2.24. The molecule has 0 N–H and O–H groups in total. The number of aryl methyl sites for hydroxylation is 1. The molecule has 2 aliphatic rings. The fourth-order valence-electron chi connectivity index (χ4n) is 4.11. The number of aliphatic imine (C=N–C) groups is 2. The number of nitrogens with zero attached hydrogens (tertiary/aromatic N) is 3. The predicted molar refractivity (Wildman–Crippen MR) is 130 cm³/mol. The van der Waals surface area contributed by atoms with E-state index in [9.17, 15) is 4.39 Å². The zero-order chi connectivity index (χ0) is 23.4. The molecule has 0 radical (unpaired) electrons. The second-order valence-electron chi connectivity index (χ2n) is 8.21. The largest absolute Gasteiger partial charge is 0.377 e. The van der Waals surface area contributed by atoms with Gasteiger partial charge in [0.1, 0.15) is 5.82 Å². The molecule has 7 heteroatoms. The average Bonchev–Trinajstić information content (AvgIpc) is 3.21. The number of ether oxygens (including phenoxy) is 2. The minimum atomic E-state index is -0.419. The number of allylic oxidation sites excluding steroid dienone is 1. The number of hydrogen-bond acceptors (Lipinski definition) is 5. The van der Waals surface area contributed by atoms with Crippen LogP contribution >= 0.6 is 11.6 Å². The molecule has 1 aromatic heterocycles. The van der Waals surface area contributed by atoms with Gasteiger partial charge in [-0.25, -0.2) is 9.38 Å². The molecule has 4 rings (SSSR count). The summed E-state index contributed by atoms with van der Waals surface area (Å²) < 4.78 is 26.3. The fourth-order valence-corrected chi connectivity index (χ4v) is 4.27. The molecule has 0 saturated carbocycles. The molecule has 0 bridgehead atoms. The number of fused-ring (bicyclic) bond motifs is 1. The summed E-state index contributed by atoms with van der Waals surface area (Å²) >= 11 is 5.98. The first kappa shape index (κ1) is 23.5. The smallest absolute Gasteiger partial charge is 0.134 e. The van der Waals surface area contributed by atoms with Crippen LogP contribution in [0.15, 0.2) is 64.4 Å². The van der Waals surface area contributed by atoms with Crippen molar-refractivity contribution in [1.82, 2.24) is 4.98 Å². The minimum Gasteiger partial charge on any atom is -0.377 e. The maximum absolute atomic E-state index is 14.8. The van der Waals surface area contributed by atoms with Crippen molar-refractivity contribution in [2.75, 3.05) is 20.3 Å². The number of hydrogen-bond donors (Lipinski definition) is 0. The van der Waals surface area contributed by atoms with Gasteiger partial charge in [-0.2, -0.15) is 0 Å². The lowest BCUT2D eigenvalue weighted by Crippen LogP contribution is -2.18. The van der Waals surface area contributed by atoms with E-state index in [1.807, 2.05) is 31.3 Å². The molecule has 2 aromatic rings. The highest BCUT2D eigenvalue weighted by atomic mass is 35.5. The number of halogens is 2. The van der Waals surface area contributed by atoms with Crippen molar-refractivity contribution >= 4 is 28.7 Å². The van der Waals surface area contributed by atoms with Gasteiger partial charge in [-0.15, -0.1) is 0 Å². The van der Waals surface area contributed by atoms with Crippen LogP contribution in [0.5, 0.6) is 0 Å². The molecular formula is C26H27ClFN3O2. The molecular weight excluding hydrogens is 441 g/mol. The van der Waals surface area contributed by atoms with Gasteiger partial charge in [0.25, 0.3) is 0 Å². The Kier molecular flexibility index (Phi) is 7.48. The van der Waals surface area contributed by atoms with Gasteiger partial charge in [0.2, 0.25) is 0 Å². The molecule has 1 saturated heterocycles. The van der Waals surface area contributed by atoms with Crippen LogP contribution in [0.4, 0.5) is 4.39 Å². The summed E-state index contributed by atoms with van der Waals surface area (Å²) in [6, 6.07) is 8.65. The molecule has 2 unspecified atom stereocenters. The van der Waals surface area contributed by atoms with Crippen molar-refractivity contribution in [3.8, 4) is 0 Å². The normalized spacial score (nSPS) is 17.7. The first-order chi connectivity index (χ1) is 16.0. The molecule has 0 aliphatic carbocycles. The van der Waals surface area contributed by atoms with Gasteiger partial charge in [-0.1, -0.05) is 18.5 Å². The van der Waals surface area contributed by atoms with E-state index in [2.05, 4.69) is 11.9 Å². The van der Waals surface area contributed by atoms with Crippen molar-refractivity contribution < 1.29 is 13.9 Å². The van der Waals surface area contributed by atoms with Gasteiger partial charge >= 0.3 is 0 Å². The Balaban J connectivity index is 1.73. The maximum Gasteiger partial charge on any atom is 0.134 e. The average molecular weight is 468 g/mol. The molecule has 33 heavy (non-hydrogen) atoms. The van der Waals surface area contributed by atoms with Gasteiger partial charge in [0.05, 0.1) is 30.7 Å². The quantitative estimate of drug-likeness (QED) is 0.491. The molecule has 3 heterocycles. The number of rotatable bonds is 7. The van der Waals surface area contributed by atoms with Crippen LogP contribution in [0.3, 0.4) is 0 Å². The summed E-state index contributed by atoms with van der Waals surface area (Å²) in [5.41, 5.74) is 5.43. The third-order valence-corrected chi connectivity index (χ3v) is 6.21. The summed E-state index contributed by atoms with van der Waals surface area (Å²) in [6.45, 7) is 4.91. The second kappa shape index (κ2) is 10.5. The lowest BCUT2D eigenvalue weighted by Gasteiger charge is -2.23. The number of pyridine rings is 1. The van der Waals surface area contributed by atoms with E-state index in [4.69, 9.17) is 31.1 Å². The summed E-state index contributed by atoms with van der Waals surface area (Å²) in [7, 11) is 1.71. The number of aromatic nitrogens is 1. The van der Waals surface area contributed by atoms with Crippen molar-refractivity contribution in [3.63, 3.8) is 0 Å². The Labute approximate surface area is 198 Å². The van der Waals surface area contributed by atoms with Crippen molar-refractivity contribution in [1.29, 1.82) is 0 Å². The van der Waals surface area contributed by atoms with Crippen molar-refractivity contribution in [3.05, 3.63) is 82.0 Å². The van der Waals surface area contributed by atoms with E-state index >= 15 is 0 Å². The van der Waals surface area contributed by atoms with Gasteiger partial charge in [0, 0.05) is 53.0 Å². The predicted octanol–water partition coefficient (Wildman–Crippen LogP) is 6.14. The van der Waals surface area contributed by atoms with Gasteiger partial charge in [-0.05, 0) is 61.7 Å². The Morgan fingerprint density at radius 2 is 2.06 bits per heavy atom. The summed E-state index contributed by atoms with van der Waals surface area (Å²) in [4.78, 5) is 13.9. The Bertz CT molecular complexity index is 1160. The standard InChI is InChI=1S/C26H27ClFN3O2/c1-4-17(10-26(32-3)18-7-8-29-16(2)9-18)23-12-24(21-6-5-20(27)11-22(21)28)31-25-15-33-14-19(25)13-30-23/h5-9,11-13,17,26H,4,10,14-15H2,1-3H3. The monoisotopic (exact) mass is 467 g/mol. The Hall–Kier alpha value is -2.67. The third-order valence-electron chi connectivity index (χ3n) is 5.97. The van der Waals surface area contributed by atoms with Gasteiger partial charge in [-0.3, -0.25) is 9.98 Å². The lowest BCUT2D eigenvalue weighted by molar-refractivity contribution is 0.0872. The van der Waals surface area contributed by atoms with Crippen LogP contribution in [-0.2, 0) is 9.47 Å². The minimum absolute atomic E-state index is 0.0738. The molecule has 172 valence electrons. The lowest BCUT2D eigenvalue weighted by atomic mass is 9.89. The van der Waals surface area contributed by atoms with E-state index in [0.29, 0.717) is 29.5 Å². The summed E-state index contributed by atoms with van der Waals surface area (Å²) in [5.74, 6) is -0.345. The fraction of sp³-hybridized carbons (Fsp3) is 0.346. The molecule has 1 aromatic carbocycles. The van der Waals surface area contributed by atoms with Gasteiger partial charge < -0.3 is 9.47 Å². The molecule has 2 aliphatic heterocycles. The molecule has 0 amide bonds. The first-order valence-corrected chi connectivity index (χ1v) is 11.4. The summed E-state index contributed by atoms with van der Waals surface area (Å²) in [6.07, 6.45) is 6.95. The SMILES string of the molecule is CCC(CC(OC)c1ccnc(C)c1)C1=NC=C2COCC2=NC(c2ccc(Cl)cc2F)=C1. The zero-order valence-corrected chi connectivity index (χ0v) is 19.8. The molecule has 0 spiro atoms. The summed E-state index contributed by atoms with van der Waals surface area (Å²) in [5, 5.41) is 0.344. The first-order valence-electron chi connectivity index (χ1n) is 11.0. The molecule has 2 atom stereocenters. The van der Waals surface area contributed by atoms with Crippen LogP contribution in [0, 0.1) is 18.7 Å². The highest BCUT2D eigenvalue weighted by molar-refractivity contribution is 6.30. The van der Waals surface area contributed by atoms with E-state index < -0.39 is 5.82 Å².